The first kappa shape index (κ1) is 28.3. The lowest BCUT2D eigenvalue weighted by Gasteiger charge is -2.28. The zero-order valence-electron chi connectivity index (χ0n) is 18.5. The SMILES string of the molecule is NC(=O)CCC(N)C(=O)NC(CC(N)=O)C(=O)NC(CCC(N)=O)C(=O)N1CCCC1C(=O)O. The third-order valence-electron chi connectivity index (χ3n) is 5.19. The van der Waals surface area contributed by atoms with Crippen molar-refractivity contribution >= 4 is 41.4 Å². The zero-order chi connectivity index (χ0) is 26.0. The molecule has 0 spiro atoms. The fourth-order valence-electron chi connectivity index (χ4n) is 3.42. The van der Waals surface area contributed by atoms with Gasteiger partial charge in [0.1, 0.15) is 18.1 Å². The molecule has 1 saturated heterocycles. The summed E-state index contributed by atoms with van der Waals surface area (Å²) in [5.74, 6) is -6.21. The average Bonchev–Trinajstić information content (AvgIpc) is 3.23. The summed E-state index contributed by atoms with van der Waals surface area (Å²) in [6, 6.07) is -5.19. The Balaban J connectivity index is 3.00. The number of carboxylic acids is 1. The standard InChI is InChI=1S/C19H31N7O8/c20-9(3-5-13(21)27)16(30)25-11(8-15(23)29)17(31)24-10(4-6-14(22)28)18(32)26-7-1-2-12(26)19(33)34/h9-12H,1-8,20H2,(H2,21,27)(H2,22,28)(H2,23,29)(H,24,31)(H,25,30)(H,33,34). The predicted molar refractivity (Wildman–Crippen MR) is 115 cm³/mol. The van der Waals surface area contributed by atoms with E-state index >= 15 is 0 Å². The third-order valence-corrected chi connectivity index (χ3v) is 5.19. The first-order valence-corrected chi connectivity index (χ1v) is 10.6. The monoisotopic (exact) mass is 485 g/mol. The van der Waals surface area contributed by atoms with Gasteiger partial charge in [0.2, 0.25) is 35.4 Å². The summed E-state index contributed by atoms with van der Waals surface area (Å²) in [5.41, 5.74) is 21.0. The van der Waals surface area contributed by atoms with Gasteiger partial charge in [-0.25, -0.2) is 4.79 Å². The van der Waals surface area contributed by atoms with Crippen molar-refractivity contribution in [2.75, 3.05) is 6.54 Å². The van der Waals surface area contributed by atoms with E-state index in [0.29, 0.717) is 6.42 Å². The molecule has 1 aliphatic rings. The number of aliphatic carboxylic acids is 1. The highest BCUT2D eigenvalue weighted by Crippen LogP contribution is 2.19. The van der Waals surface area contributed by atoms with Crippen LogP contribution in [0.1, 0.15) is 44.9 Å². The maximum atomic E-state index is 13.0. The Morgan fingerprint density at radius 3 is 1.94 bits per heavy atom. The molecule has 1 rings (SSSR count). The third kappa shape index (κ3) is 9.01. The van der Waals surface area contributed by atoms with E-state index in [1.165, 1.54) is 0 Å². The van der Waals surface area contributed by atoms with Crippen molar-refractivity contribution < 1.29 is 38.7 Å². The number of rotatable bonds is 14. The number of amides is 6. The highest BCUT2D eigenvalue weighted by atomic mass is 16.4. The van der Waals surface area contributed by atoms with Gasteiger partial charge in [0.15, 0.2) is 0 Å². The number of hydrogen-bond acceptors (Lipinski definition) is 8. The van der Waals surface area contributed by atoms with E-state index in [1.807, 2.05) is 0 Å². The summed E-state index contributed by atoms with van der Waals surface area (Å²) in [7, 11) is 0. The second-order valence-corrected chi connectivity index (χ2v) is 7.94. The topological polar surface area (TPSA) is 271 Å². The molecule has 0 aromatic carbocycles. The van der Waals surface area contributed by atoms with E-state index in [-0.39, 0.29) is 38.6 Å². The van der Waals surface area contributed by atoms with E-state index < -0.39 is 72.0 Å². The summed E-state index contributed by atoms with van der Waals surface area (Å²) < 4.78 is 0. The molecule has 0 saturated carbocycles. The van der Waals surface area contributed by atoms with Crippen LogP contribution in [0.4, 0.5) is 0 Å². The summed E-state index contributed by atoms with van der Waals surface area (Å²) in [4.78, 5) is 84.2. The van der Waals surface area contributed by atoms with Gasteiger partial charge < -0.3 is 43.6 Å². The second-order valence-electron chi connectivity index (χ2n) is 7.94. The first-order chi connectivity index (χ1) is 15.8. The van der Waals surface area contributed by atoms with E-state index in [4.69, 9.17) is 22.9 Å². The van der Waals surface area contributed by atoms with Gasteiger partial charge in [-0.05, 0) is 25.7 Å². The molecule has 4 atom stereocenters. The highest BCUT2D eigenvalue weighted by Gasteiger charge is 2.38. The number of nitrogens with zero attached hydrogens (tertiary/aromatic N) is 1. The van der Waals surface area contributed by atoms with E-state index in [0.717, 1.165) is 4.90 Å². The zero-order valence-corrected chi connectivity index (χ0v) is 18.5. The van der Waals surface area contributed by atoms with E-state index in [9.17, 15) is 38.7 Å². The molecular formula is C19H31N7O8. The number of likely N-dealkylation sites (tertiary alicyclic amines) is 1. The molecule has 6 amide bonds. The van der Waals surface area contributed by atoms with Crippen molar-refractivity contribution in [1.82, 2.24) is 15.5 Å². The Labute approximate surface area is 194 Å². The average molecular weight is 485 g/mol. The molecule has 0 radical (unpaired) electrons. The van der Waals surface area contributed by atoms with Gasteiger partial charge in [0.25, 0.3) is 0 Å². The Morgan fingerprint density at radius 1 is 0.853 bits per heavy atom. The predicted octanol–water partition coefficient (Wildman–Crippen LogP) is -4.23. The number of carboxylic acid groups (broad SMARTS) is 1. The van der Waals surface area contributed by atoms with Gasteiger partial charge in [-0.15, -0.1) is 0 Å². The van der Waals surface area contributed by atoms with Crippen LogP contribution in [-0.4, -0.2) is 82.1 Å². The molecule has 0 aliphatic carbocycles. The minimum absolute atomic E-state index is 0.114. The van der Waals surface area contributed by atoms with Gasteiger partial charge in [-0.2, -0.15) is 0 Å². The Hall–Kier alpha value is -3.75. The van der Waals surface area contributed by atoms with Crippen LogP contribution < -0.4 is 33.6 Å². The second kappa shape index (κ2) is 13.1. The lowest BCUT2D eigenvalue weighted by Crippen LogP contribution is -2.57. The van der Waals surface area contributed by atoms with Crippen LogP contribution in [0.5, 0.6) is 0 Å². The quantitative estimate of drug-likeness (QED) is 0.125. The molecule has 15 heteroatoms. The van der Waals surface area contributed by atoms with Gasteiger partial charge >= 0.3 is 5.97 Å². The number of carbonyl (C=O) groups excluding carboxylic acids is 6. The van der Waals surface area contributed by atoms with E-state index in [1.54, 1.807) is 0 Å². The maximum Gasteiger partial charge on any atom is 0.326 e. The number of nitrogens with one attached hydrogen (secondary N) is 2. The van der Waals surface area contributed by atoms with Crippen LogP contribution in [0, 0.1) is 0 Å². The largest absolute Gasteiger partial charge is 0.480 e. The van der Waals surface area contributed by atoms with Crippen molar-refractivity contribution in [3.63, 3.8) is 0 Å². The summed E-state index contributed by atoms with van der Waals surface area (Å²) in [6.07, 6.45) is -0.823. The molecule has 0 aromatic rings. The Bertz CT molecular complexity index is 833. The lowest BCUT2D eigenvalue weighted by atomic mass is 10.1. The fourth-order valence-corrected chi connectivity index (χ4v) is 3.42. The molecule has 34 heavy (non-hydrogen) atoms. The van der Waals surface area contributed by atoms with Gasteiger partial charge in [-0.3, -0.25) is 28.8 Å². The van der Waals surface area contributed by atoms with Crippen molar-refractivity contribution in [1.29, 1.82) is 0 Å². The molecule has 1 heterocycles. The first-order valence-electron chi connectivity index (χ1n) is 10.6. The number of carbonyl (C=O) groups is 7. The molecule has 1 fully saturated rings. The van der Waals surface area contributed by atoms with Crippen molar-refractivity contribution in [2.45, 2.75) is 69.1 Å². The van der Waals surface area contributed by atoms with Crippen LogP contribution in [0.25, 0.3) is 0 Å². The van der Waals surface area contributed by atoms with Crippen LogP contribution in [0.15, 0.2) is 0 Å². The highest BCUT2D eigenvalue weighted by molar-refractivity contribution is 5.96. The van der Waals surface area contributed by atoms with Crippen molar-refractivity contribution in [3.8, 4) is 0 Å². The molecule has 15 nitrogen and oxygen atoms in total. The van der Waals surface area contributed by atoms with Crippen molar-refractivity contribution in [3.05, 3.63) is 0 Å². The Morgan fingerprint density at radius 2 is 1.41 bits per heavy atom. The molecule has 0 bridgehead atoms. The number of primary amides is 3. The fraction of sp³-hybridized carbons (Fsp3) is 0.632. The van der Waals surface area contributed by atoms with Crippen LogP contribution in [0.2, 0.25) is 0 Å². The summed E-state index contributed by atoms with van der Waals surface area (Å²) >= 11 is 0. The molecular weight excluding hydrogens is 454 g/mol. The van der Waals surface area contributed by atoms with Gasteiger partial charge in [-0.1, -0.05) is 0 Å². The normalized spacial score (nSPS) is 17.8. The molecule has 11 N–H and O–H groups in total. The smallest absolute Gasteiger partial charge is 0.326 e. The molecule has 0 aromatic heterocycles. The lowest BCUT2D eigenvalue weighted by molar-refractivity contribution is -0.149. The van der Waals surface area contributed by atoms with Crippen LogP contribution in [0.3, 0.4) is 0 Å². The molecule has 190 valence electrons. The van der Waals surface area contributed by atoms with Crippen LogP contribution in [-0.2, 0) is 33.6 Å². The van der Waals surface area contributed by atoms with Gasteiger partial charge in [0.05, 0.1) is 12.5 Å². The molecule has 1 aliphatic heterocycles. The van der Waals surface area contributed by atoms with Crippen molar-refractivity contribution in [2.24, 2.45) is 22.9 Å². The van der Waals surface area contributed by atoms with E-state index in [2.05, 4.69) is 10.6 Å². The molecule has 4 unspecified atom stereocenters. The minimum Gasteiger partial charge on any atom is -0.480 e. The maximum absolute atomic E-state index is 13.0. The minimum atomic E-state index is -1.53. The Kier molecular flexibility index (Phi) is 10.9. The number of nitrogens with two attached hydrogens (primary N) is 4. The van der Waals surface area contributed by atoms with Crippen LogP contribution >= 0.6 is 0 Å². The summed E-state index contributed by atoms with van der Waals surface area (Å²) in [6.45, 7) is 0.134. The summed E-state index contributed by atoms with van der Waals surface area (Å²) in [5, 5.41) is 13.9. The number of hydrogen-bond donors (Lipinski definition) is 7. The van der Waals surface area contributed by atoms with Gasteiger partial charge in [0, 0.05) is 19.4 Å².